The molecule has 0 aromatic rings. The molecule has 0 aliphatic rings. The Morgan fingerprint density at radius 3 is 1.26 bits per heavy atom. The fourth-order valence-electron chi connectivity index (χ4n) is 6.15. The number of hydrogen-bond donors (Lipinski definition) is 0. The van der Waals surface area contributed by atoms with Crippen molar-refractivity contribution < 1.29 is 28.6 Å². The van der Waals surface area contributed by atoms with E-state index < -0.39 is 6.10 Å². The molecule has 0 radical (unpaired) electrons. The lowest BCUT2D eigenvalue weighted by atomic mass is 10.1. The van der Waals surface area contributed by atoms with Crippen LogP contribution in [0, 0.1) is 0 Å². The third-order valence-electron chi connectivity index (χ3n) is 9.72. The van der Waals surface area contributed by atoms with Gasteiger partial charge in [0.15, 0.2) is 6.10 Å². The zero-order valence-corrected chi connectivity index (χ0v) is 37.1. The van der Waals surface area contributed by atoms with E-state index in [0.717, 1.165) is 83.5 Å². The Morgan fingerprint density at radius 1 is 0.386 bits per heavy atom. The summed E-state index contributed by atoms with van der Waals surface area (Å²) < 4.78 is 16.6. The molecule has 0 rings (SSSR count). The summed E-state index contributed by atoms with van der Waals surface area (Å²) in [6.45, 7) is 6.36. The van der Waals surface area contributed by atoms with Crippen LogP contribution in [0.15, 0.2) is 72.9 Å². The molecule has 0 bridgehead atoms. The number of carbonyl (C=O) groups is 3. The molecule has 0 aromatic heterocycles. The van der Waals surface area contributed by atoms with Crippen molar-refractivity contribution in [3.63, 3.8) is 0 Å². The average molecular weight is 795 g/mol. The lowest BCUT2D eigenvalue weighted by molar-refractivity contribution is -0.167. The van der Waals surface area contributed by atoms with Gasteiger partial charge in [-0.3, -0.25) is 14.4 Å². The minimum atomic E-state index is -0.800. The lowest BCUT2D eigenvalue weighted by Crippen LogP contribution is -2.30. The van der Waals surface area contributed by atoms with Crippen LogP contribution in [0.4, 0.5) is 0 Å². The molecule has 57 heavy (non-hydrogen) atoms. The maximum atomic E-state index is 12.7. The molecule has 0 fully saturated rings. The van der Waals surface area contributed by atoms with Crippen molar-refractivity contribution in [3.8, 4) is 0 Å². The molecule has 0 saturated carbocycles. The van der Waals surface area contributed by atoms with Crippen molar-refractivity contribution in [1.82, 2.24) is 0 Å². The number of ether oxygens (including phenoxy) is 3. The molecule has 0 spiro atoms. The molecule has 326 valence electrons. The Balaban J connectivity index is 4.34. The Bertz CT molecular complexity index is 1100. The summed E-state index contributed by atoms with van der Waals surface area (Å²) in [6.07, 6.45) is 56.2. The smallest absolute Gasteiger partial charge is 0.306 e. The first-order valence-electron chi connectivity index (χ1n) is 23.5. The van der Waals surface area contributed by atoms with E-state index in [9.17, 15) is 14.4 Å². The van der Waals surface area contributed by atoms with Crippen LogP contribution in [-0.4, -0.2) is 37.2 Å². The van der Waals surface area contributed by atoms with Crippen LogP contribution in [-0.2, 0) is 28.6 Å². The fourth-order valence-corrected chi connectivity index (χ4v) is 6.15. The van der Waals surface area contributed by atoms with E-state index >= 15 is 0 Å². The van der Waals surface area contributed by atoms with Crippen LogP contribution in [0.25, 0.3) is 0 Å². The molecule has 1 atom stereocenters. The van der Waals surface area contributed by atoms with Gasteiger partial charge in [-0.05, 0) is 89.9 Å². The first-order chi connectivity index (χ1) is 28.0. The minimum Gasteiger partial charge on any atom is -0.462 e. The average Bonchev–Trinajstić information content (AvgIpc) is 3.21. The number of allylic oxidation sites excluding steroid dienone is 12. The quantitative estimate of drug-likeness (QED) is 0.0202. The second kappa shape index (κ2) is 45.6. The van der Waals surface area contributed by atoms with Crippen molar-refractivity contribution in [2.75, 3.05) is 13.2 Å². The van der Waals surface area contributed by atoms with Crippen LogP contribution in [0.1, 0.15) is 213 Å². The SMILES string of the molecule is CC/C=C\C/C=C\CCCCC(=O)OCC(COC(=O)CCCCCCCCCCCC/C=C\C=C/CCCCC)OC(=O)CCCCC/C=C\C=C/CCCC. The van der Waals surface area contributed by atoms with Gasteiger partial charge in [-0.15, -0.1) is 0 Å². The highest BCUT2D eigenvalue weighted by atomic mass is 16.6. The number of hydrogen-bond acceptors (Lipinski definition) is 6. The van der Waals surface area contributed by atoms with Crippen molar-refractivity contribution in [2.24, 2.45) is 0 Å². The van der Waals surface area contributed by atoms with Gasteiger partial charge < -0.3 is 14.2 Å². The van der Waals surface area contributed by atoms with Gasteiger partial charge >= 0.3 is 17.9 Å². The number of unbranched alkanes of at least 4 members (excludes halogenated alkanes) is 20. The minimum absolute atomic E-state index is 0.0991. The van der Waals surface area contributed by atoms with Gasteiger partial charge in [0, 0.05) is 19.3 Å². The zero-order valence-electron chi connectivity index (χ0n) is 37.1. The van der Waals surface area contributed by atoms with Crippen LogP contribution in [0.5, 0.6) is 0 Å². The number of esters is 3. The van der Waals surface area contributed by atoms with E-state index in [1.54, 1.807) is 0 Å². The van der Waals surface area contributed by atoms with E-state index in [1.165, 1.54) is 89.9 Å². The standard InChI is InChI=1S/C51H86O6/c1-4-7-10-13-16-19-21-22-23-24-25-26-27-28-30-32-35-38-41-44-50(53)56-47-48(46-55-49(52)43-40-37-34-31-18-15-12-9-6-3)57-51(54)45-42-39-36-33-29-20-17-14-11-8-5-2/h9,12,14,16-22,29,31,48H,4-8,10-11,13,15,23-28,30,32-47H2,1-3H3/b12-9-,17-14-,19-16-,22-21-,29-20-,31-18-. The normalized spacial score (nSPS) is 12.7. The lowest BCUT2D eigenvalue weighted by Gasteiger charge is -2.18. The van der Waals surface area contributed by atoms with E-state index in [0.29, 0.717) is 12.8 Å². The topological polar surface area (TPSA) is 78.9 Å². The van der Waals surface area contributed by atoms with Crippen LogP contribution in [0.3, 0.4) is 0 Å². The zero-order chi connectivity index (χ0) is 41.5. The van der Waals surface area contributed by atoms with Crippen LogP contribution < -0.4 is 0 Å². The largest absolute Gasteiger partial charge is 0.462 e. The Hall–Kier alpha value is -3.15. The van der Waals surface area contributed by atoms with E-state index in [1.807, 2.05) is 0 Å². The van der Waals surface area contributed by atoms with Crippen LogP contribution >= 0.6 is 0 Å². The predicted molar refractivity (Wildman–Crippen MR) is 242 cm³/mol. The molecule has 0 aliphatic carbocycles. The van der Waals surface area contributed by atoms with Crippen molar-refractivity contribution in [2.45, 2.75) is 219 Å². The highest BCUT2D eigenvalue weighted by Gasteiger charge is 2.19. The predicted octanol–water partition coefficient (Wildman–Crippen LogP) is 15.1. The molecule has 0 saturated heterocycles. The second-order valence-corrected chi connectivity index (χ2v) is 15.3. The Kier molecular flexibility index (Phi) is 43.0. The van der Waals surface area contributed by atoms with Crippen molar-refractivity contribution >= 4 is 17.9 Å². The Morgan fingerprint density at radius 2 is 0.754 bits per heavy atom. The van der Waals surface area contributed by atoms with Gasteiger partial charge in [-0.2, -0.15) is 0 Å². The summed E-state index contributed by atoms with van der Waals surface area (Å²) in [5.74, 6) is -0.975. The molecule has 0 amide bonds. The summed E-state index contributed by atoms with van der Waals surface area (Å²) in [6, 6.07) is 0. The summed E-state index contributed by atoms with van der Waals surface area (Å²) in [4.78, 5) is 37.7. The summed E-state index contributed by atoms with van der Waals surface area (Å²) >= 11 is 0. The van der Waals surface area contributed by atoms with Gasteiger partial charge in [0.25, 0.3) is 0 Å². The van der Waals surface area contributed by atoms with Gasteiger partial charge in [0.05, 0.1) is 0 Å². The van der Waals surface area contributed by atoms with Crippen molar-refractivity contribution in [1.29, 1.82) is 0 Å². The van der Waals surface area contributed by atoms with E-state index in [2.05, 4.69) is 93.7 Å². The molecule has 0 aliphatic heterocycles. The molecular weight excluding hydrogens is 709 g/mol. The van der Waals surface area contributed by atoms with Crippen LogP contribution in [0.2, 0.25) is 0 Å². The maximum absolute atomic E-state index is 12.7. The molecule has 6 nitrogen and oxygen atoms in total. The monoisotopic (exact) mass is 795 g/mol. The number of rotatable bonds is 41. The van der Waals surface area contributed by atoms with Gasteiger partial charge in [0.2, 0.25) is 0 Å². The van der Waals surface area contributed by atoms with E-state index in [4.69, 9.17) is 14.2 Å². The summed E-state index contributed by atoms with van der Waals surface area (Å²) in [7, 11) is 0. The third-order valence-corrected chi connectivity index (χ3v) is 9.72. The summed E-state index contributed by atoms with van der Waals surface area (Å²) in [5.41, 5.74) is 0. The molecule has 0 N–H and O–H groups in total. The highest BCUT2D eigenvalue weighted by molar-refractivity contribution is 5.71. The van der Waals surface area contributed by atoms with Gasteiger partial charge in [-0.1, -0.05) is 177 Å². The highest BCUT2D eigenvalue weighted by Crippen LogP contribution is 2.14. The maximum Gasteiger partial charge on any atom is 0.306 e. The molecule has 0 heterocycles. The fraction of sp³-hybridized carbons (Fsp3) is 0.706. The second-order valence-electron chi connectivity index (χ2n) is 15.3. The first kappa shape index (κ1) is 53.9. The van der Waals surface area contributed by atoms with E-state index in [-0.39, 0.29) is 37.5 Å². The Labute approximate surface area is 351 Å². The number of carbonyl (C=O) groups excluding carboxylic acids is 3. The molecule has 6 heteroatoms. The first-order valence-corrected chi connectivity index (χ1v) is 23.5. The van der Waals surface area contributed by atoms with Gasteiger partial charge in [0.1, 0.15) is 13.2 Å². The van der Waals surface area contributed by atoms with Gasteiger partial charge in [-0.25, -0.2) is 0 Å². The van der Waals surface area contributed by atoms with Crippen molar-refractivity contribution in [3.05, 3.63) is 72.9 Å². The summed E-state index contributed by atoms with van der Waals surface area (Å²) in [5, 5.41) is 0. The molecule has 0 aromatic carbocycles. The molecular formula is C51H86O6. The molecule has 1 unspecified atom stereocenters. The third kappa shape index (κ3) is 43.8.